The molecular weight excluding hydrogens is 212 g/mol. The van der Waals surface area contributed by atoms with Gasteiger partial charge in [-0.05, 0) is 33.1 Å². The molecule has 0 aliphatic carbocycles. The van der Waals surface area contributed by atoms with E-state index in [2.05, 4.69) is 6.58 Å². The van der Waals surface area contributed by atoms with Crippen molar-refractivity contribution in [1.29, 1.82) is 0 Å². The van der Waals surface area contributed by atoms with Gasteiger partial charge in [-0.1, -0.05) is 44.6 Å². The average Bonchev–Trinajstić information content (AvgIpc) is 2.26. The summed E-state index contributed by atoms with van der Waals surface area (Å²) >= 11 is 0. The SMILES string of the molecule is C=CCCCCCCCCC[C@](C)(O)C(C)=O. The van der Waals surface area contributed by atoms with Crippen LogP contribution in [0.25, 0.3) is 0 Å². The lowest BCUT2D eigenvalue weighted by Gasteiger charge is -2.19. The number of hydrogen-bond donors (Lipinski definition) is 1. The number of carbonyl (C=O) groups is 1. The van der Waals surface area contributed by atoms with Crippen molar-refractivity contribution in [2.75, 3.05) is 0 Å². The fourth-order valence-corrected chi connectivity index (χ4v) is 1.82. The van der Waals surface area contributed by atoms with Crippen LogP contribution in [0.2, 0.25) is 0 Å². The van der Waals surface area contributed by atoms with Gasteiger partial charge in [0.1, 0.15) is 5.60 Å². The highest BCUT2D eigenvalue weighted by atomic mass is 16.3. The standard InChI is InChI=1S/C15H28O2/c1-4-5-6-7-8-9-10-11-12-13-15(3,17)14(2)16/h4,17H,1,5-13H2,2-3H3/t15-/m0/s1. The Hall–Kier alpha value is -0.630. The highest BCUT2D eigenvalue weighted by molar-refractivity contribution is 5.84. The number of hydrogen-bond acceptors (Lipinski definition) is 2. The molecule has 0 aromatic rings. The number of carbonyl (C=O) groups excluding carboxylic acids is 1. The van der Waals surface area contributed by atoms with Crippen LogP contribution in [0.3, 0.4) is 0 Å². The van der Waals surface area contributed by atoms with Crippen LogP contribution >= 0.6 is 0 Å². The van der Waals surface area contributed by atoms with Crippen molar-refractivity contribution in [2.45, 2.75) is 77.2 Å². The number of unbranched alkanes of at least 4 members (excludes halogenated alkanes) is 7. The highest BCUT2D eigenvalue weighted by Gasteiger charge is 2.24. The second-order valence-electron chi connectivity index (χ2n) is 5.13. The number of ketones is 1. The van der Waals surface area contributed by atoms with Gasteiger partial charge in [0, 0.05) is 0 Å². The minimum absolute atomic E-state index is 0.123. The molecule has 0 aromatic carbocycles. The molecule has 100 valence electrons. The van der Waals surface area contributed by atoms with E-state index in [-0.39, 0.29) is 5.78 Å². The molecule has 0 heterocycles. The second kappa shape index (κ2) is 9.41. The van der Waals surface area contributed by atoms with E-state index in [1.165, 1.54) is 39.0 Å². The molecule has 0 amide bonds. The predicted octanol–water partition coefficient (Wildman–Crippen LogP) is 4.02. The molecule has 0 radical (unpaired) electrons. The zero-order valence-electron chi connectivity index (χ0n) is 11.5. The summed E-state index contributed by atoms with van der Waals surface area (Å²) in [5.41, 5.74) is -1.11. The van der Waals surface area contributed by atoms with Crippen molar-refractivity contribution in [3.8, 4) is 0 Å². The predicted molar refractivity (Wildman–Crippen MR) is 73.1 cm³/mol. The molecular formula is C15H28O2. The van der Waals surface area contributed by atoms with Crippen molar-refractivity contribution < 1.29 is 9.90 Å². The van der Waals surface area contributed by atoms with Crippen molar-refractivity contribution >= 4 is 5.78 Å². The summed E-state index contributed by atoms with van der Waals surface area (Å²) in [6, 6.07) is 0. The van der Waals surface area contributed by atoms with E-state index in [4.69, 9.17) is 0 Å². The Bertz CT molecular complexity index is 219. The molecule has 0 unspecified atom stereocenters. The summed E-state index contributed by atoms with van der Waals surface area (Å²) in [4.78, 5) is 11.1. The first-order valence-electron chi connectivity index (χ1n) is 6.85. The Morgan fingerprint density at radius 1 is 1.12 bits per heavy atom. The van der Waals surface area contributed by atoms with Gasteiger partial charge in [0.05, 0.1) is 0 Å². The van der Waals surface area contributed by atoms with E-state index >= 15 is 0 Å². The van der Waals surface area contributed by atoms with E-state index in [1.54, 1.807) is 6.92 Å². The molecule has 2 heteroatoms. The summed E-state index contributed by atoms with van der Waals surface area (Å²) < 4.78 is 0. The van der Waals surface area contributed by atoms with Crippen LogP contribution in [0.4, 0.5) is 0 Å². The van der Waals surface area contributed by atoms with Crippen LogP contribution in [-0.2, 0) is 4.79 Å². The molecule has 0 saturated carbocycles. The molecule has 1 atom stereocenters. The molecule has 1 N–H and O–H groups in total. The summed E-state index contributed by atoms with van der Waals surface area (Å²) in [6.45, 7) is 6.78. The molecule has 17 heavy (non-hydrogen) atoms. The molecule has 2 nitrogen and oxygen atoms in total. The van der Waals surface area contributed by atoms with Crippen LogP contribution in [0.1, 0.15) is 71.6 Å². The fraction of sp³-hybridized carbons (Fsp3) is 0.800. The molecule has 0 spiro atoms. The zero-order valence-corrected chi connectivity index (χ0v) is 11.5. The minimum Gasteiger partial charge on any atom is -0.382 e. The topological polar surface area (TPSA) is 37.3 Å². The van der Waals surface area contributed by atoms with Gasteiger partial charge in [-0.3, -0.25) is 4.79 Å². The Morgan fingerprint density at radius 2 is 1.59 bits per heavy atom. The Kier molecular flexibility index (Phi) is 9.06. The minimum atomic E-state index is -1.11. The fourth-order valence-electron chi connectivity index (χ4n) is 1.82. The first-order chi connectivity index (χ1) is 8.00. The Balaban J connectivity index is 3.29. The molecule has 0 bridgehead atoms. The first kappa shape index (κ1) is 16.4. The van der Waals surface area contributed by atoms with Crippen molar-refractivity contribution in [3.63, 3.8) is 0 Å². The van der Waals surface area contributed by atoms with E-state index in [1.807, 2.05) is 6.08 Å². The third kappa shape index (κ3) is 9.11. The highest BCUT2D eigenvalue weighted by Crippen LogP contribution is 2.17. The molecule has 0 aliphatic heterocycles. The molecule has 0 saturated heterocycles. The van der Waals surface area contributed by atoms with Gasteiger partial charge in [-0.15, -0.1) is 6.58 Å². The van der Waals surface area contributed by atoms with Gasteiger partial charge in [-0.25, -0.2) is 0 Å². The first-order valence-corrected chi connectivity index (χ1v) is 6.85. The quantitative estimate of drug-likeness (QED) is 0.437. The van der Waals surface area contributed by atoms with Crippen LogP contribution in [-0.4, -0.2) is 16.5 Å². The van der Waals surface area contributed by atoms with Crippen LogP contribution in [0, 0.1) is 0 Å². The van der Waals surface area contributed by atoms with Crippen LogP contribution < -0.4 is 0 Å². The van der Waals surface area contributed by atoms with Crippen molar-refractivity contribution in [2.24, 2.45) is 0 Å². The van der Waals surface area contributed by atoms with Gasteiger partial charge in [0.2, 0.25) is 0 Å². The summed E-state index contributed by atoms with van der Waals surface area (Å²) in [7, 11) is 0. The molecule has 0 aliphatic rings. The maximum atomic E-state index is 11.1. The third-order valence-corrected chi connectivity index (χ3v) is 3.33. The Morgan fingerprint density at radius 3 is 2.06 bits per heavy atom. The zero-order chi connectivity index (χ0) is 13.1. The van der Waals surface area contributed by atoms with Gasteiger partial charge in [0.15, 0.2) is 5.78 Å². The lowest BCUT2D eigenvalue weighted by molar-refractivity contribution is -0.134. The second-order valence-corrected chi connectivity index (χ2v) is 5.13. The van der Waals surface area contributed by atoms with Gasteiger partial charge in [0.25, 0.3) is 0 Å². The number of rotatable bonds is 11. The van der Waals surface area contributed by atoms with E-state index < -0.39 is 5.60 Å². The monoisotopic (exact) mass is 240 g/mol. The van der Waals surface area contributed by atoms with Gasteiger partial charge >= 0.3 is 0 Å². The van der Waals surface area contributed by atoms with Crippen LogP contribution in [0.5, 0.6) is 0 Å². The van der Waals surface area contributed by atoms with Crippen molar-refractivity contribution in [1.82, 2.24) is 0 Å². The van der Waals surface area contributed by atoms with E-state index in [9.17, 15) is 9.90 Å². The summed E-state index contributed by atoms with van der Waals surface area (Å²) in [5, 5.41) is 9.73. The Labute approximate surface area is 106 Å². The van der Waals surface area contributed by atoms with E-state index in [0.717, 1.165) is 19.3 Å². The molecule has 0 rings (SSSR count). The van der Waals surface area contributed by atoms with Crippen molar-refractivity contribution in [3.05, 3.63) is 12.7 Å². The molecule has 0 aromatic heterocycles. The lowest BCUT2D eigenvalue weighted by atomic mass is 9.94. The molecule has 0 fully saturated rings. The maximum Gasteiger partial charge on any atom is 0.160 e. The van der Waals surface area contributed by atoms with Gasteiger partial charge < -0.3 is 5.11 Å². The average molecular weight is 240 g/mol. The normalized spacial score (nSPS) is 14.3. The number of allylic oxidation sites excluding steroid dienone is 1. The third-order valence-electron chi connectivity index (χ3n) is 3.33. The maximum absolute atomic E-state index is 11.1. The number of Topliss-reactive ketones (excluding diaryl/α,β-unsaturated/α-hetero) is 1. The summed E-state index contributed by atoms with van der Waals surface area (Å²) in [5.74, 6) is -0.123. The smallest absolute Gasteiger partial charge is 0.160 e. The lowest BCUT2D eigenvalue weighted by Crippen LogP contribution is -2.32. The van der Waals surface area contributed by atoms with E-state index in [0.29, 0.717) is 6.42 Å². The largest absolute Gasteiger partial charge is 0.382 e. The van der Waals surface area contributed by atoms with Crippen LogP contribution in [0.15, 0.2) is 12.7 Å². The van der Waals surface area contributed by atoms with Gasteiger partial charge in [-0.2, -0.15) is 0 Å². The summed E-state index contributed by atoms with van der Waals surface area (Å²) in [6.07, 6.45) is 12.1. The number of aliphatic hydroxyl groups is 1.